The van der Waals surface area contributed by atoms with Gasteiger partial charge in [0.25, 0.3) is 0 Å². The molecule has 0 radical (unpaired) electrons. The van der Waals surface area contributed by atoms with Gasteiger partial charge < -0.3 is 5.11 Å². The van der Waals surface area contributed by atoms with Crippen LogP contribution in [0.25, 0.3) is 0 Å². The third-order valence-electron chi connectivity index (χ3n) is 1.88. The SMILES string of the molecule is Cc1csc(CNS(=O)(=O)C(C)CO)n1. The summed E-state index contributed by atoms with van der Waals surface area (Å²) in [5.41, 5.74) is 0.879. The topological polar surface area (TPSA) is 79.3 Å². The van der Waals surface area contributed by atoms with E-state index in [1.165, 1.54) is 18.3 Å². The molecule has 0 fully saturated rings. The van der Waals surface area contributed by atoms with Crippen LogP contribution < -0.4 is 4.72 Å². The van der Waals surface area contributed by atoms with Gasteiger partial charge in [-0.05, 0) is 13.8 Å². The summed E-state index contributed by atoms with van der Waals surface area (Å²) in [5, 5.41) is 10.5. The largest absolute Gasteiger partial charge is 0.395 e. The van der Waals surface area contributed by atoms with Gasteiger partial charge in [-0.3, -0.25) is 0 Å². The third-order valence-corrected chi connectivity index (χ3v) is 4.60. The number of nitrogens with zero attached hydrogens (tertiary/aromatic N) is 1. The van der Waals surface area contributed by atoms with Gasteiger partial charge in [-0.1, -0.05) is 0 Å². The summed E-state index contributed by atoms with van der Waals surface area (Å²) < 4.78 is 25.3. The molecule has 0 saturated carbocycles. The van der Waals surface area contributed by atoms with Gasteiger partial charge in [-0.2, -0.15) is 0 Å². The summed E-state index contributed by atoms with van der Waals surface area (Å²) >= 11 is 1.41. The van der Waals surface area contributed by atoms with Crippen LogP contribution in [0.4, 0.5) is 0 Å². The lowest BCUT2D eigenvalue weighted by molar-refractivity contribution is 0.294. The van der Waals surface area contributed by atoms with Gasteiger partial charge >= 0.3 is 0 Å². The molecule has 1 atom stereocenters. The Bertz CT molecular complexity index is 413. The highest BCUT2D eigenvalue weighted by atomic mass is 32.2. The maximum Gasteiger partial charge on any atom is 0.216 e. The maximum atomic E-state index is 11.4. The van der Waals surface area contributed by atoms with E-state index in [2.05, 4.69) is 9.71 Å². The lowest BCUT2D eigenvalue weighted by Crippen LogP contribution is -2.34. The molecule has 86 valence electrons. The van der Waals surface area contributed by atoms with Crippen LogP contribution in [0.2, 0.25) is 0 Å². The molecule has 0 aliphatic carbocycles. The van der Waals surface area contributed by atoms with Crippen LogP contribution in [-0.2, 0) is 16.6 Å². The minimum atomic E-state index is -3.43. The molecular formula is C8H14N2O3S2. The Hall–Kier alpha value is -0.500. The molecule has 0 aromatic carbocycles. The van der Waals surface area contributed by atoms with Crippen LogP contribution in [-0.4, -0.2) is 30.4 Å². The van der Waals surface area contributed by atoms with Crippen molar-refractivity contribution in [2.45, 2.75) is 25.6 Å². The summed E-state index contributed by atoms with van der Waals surface area (Å²) in [6.45, 7) is 3.11. The molecule has 1 heterocycles. The van der Waals surface area contributed by atoms with Gasteiger partial charge in [0.05, 0.1) is 18.4 Å². The molecule has 0 amide bonds. The highest BCUT2D eigenvalue weighted by molar-refractivity contribution is 7.90. The van der Waals surface area contributed by atoms with Crippen molar-refractivity contribution in [1.82, 2.24) is 9.71 Å². The molecule has 1 aromatic rings. The van der Waals surface area contributed by atoms with Crippen molar-refractivity contribution in [2.24, 2.45) is 0 Å². The van der Waals surface area contributed by atoms with E-state index in [0.29, 0.717) is 0 Å². The van der Waals surface area contributed by atoms with Crippen LogP contribution >= 0.6 is 11.3 Å². The smallest absolute Gasteiger partial charge is 0.216 e. The van der Waals surface area contributed by atoms with Gasteiger partial charge in [0.15, 0.2) is 0 Å². The molecule has 0 spiro atoms. The first kappa shape index (κ1) is 12.6. The first-order valence-corrected chi connectivity index (χ1v) is 6.88. The van der Waals surface area contributed by atoms with Crippen molar-refractivity contribution in [3.8, 4) is 0 Å². The van der Waals surface area contributed by atoms with Crippen LogP contribution in [0, 0.1) is 6.92 Å². The fraction of sp³-hybridized carbons (Fsp3) is 0.625. The van der Waals surface area contributed by atoms with E-state index in [4.69, 9.17) is 5.11 Å². The van der Waals surface area contributed by atoms with Crippen molar-refractivity contribution < 1.29 is 13.5 Å². The number of sulfonamides is 1. The Labute approximate surface area is 93.2 Å². The molecule has 1 unspecified atom stereocenters. The zero-order valence-corrected chi connectivity index (χ0v) is 10.2. The molecular weight excluding hydrogens is 236 g/mol. The first-order valence-electron chi connectivity index (χ1n) is 4.46. The van der Waals surface area contributed by atoms with Crippen molar-refractivity contribution in [2.75, 3.05) is 6.61 Å². The zero-order valence-electron chi connectivity index (χ0n) is 8.60. The van der Waals surface area contributed by atoms with Gasteiger partial charge in [-0.25, -0.2) is 18.1 Å². The number of hydrogen-bond donors (Lipinski definition) is 2. The number of aromatic nitrogens is 1. The summed E-state index contributed by atoms with van der Waals surface area (Å²) in [6, 6.07) is 0. The van der Waals surface area contributed by atoms with Crippen molar-refractivity contribution in [3.63, 3.8) is 0 Å². The molecule has 5 nitrogen and oxygen atoms in total. The first-order chi connectivity index (χ1) is 6.95. The Kier molecular flexibility index (Phi) is 4.21. The second-order valence-electron chi connectivity index (χ2n) is 3.24. The van der Waals surface area contributed by atoms with E-state index >= 15 is 0 Å². The van der Waals surface area contributed by atoms with Crippen molar-refractivity contribution in [1.29, 1.82) is 0 Å². The average molecular weight is 250 g/mol. The van der Waals surface area contributed by atoms with Crippen molar-refractivity contribution >= 4 is 21.4 Å². The second-order valence-corrected chi connectivity index (χ2v) is 6.37. The van der Waals surface area contributed by atoms with Crippen LogP contribution in [0.5, 0.6) is 0 Å². The Morgan fingerprint density at radius 3 is 2.80 bits per heavy atom. The van der Waals surface area contributed by atoms with E-state index < -0.39 is 15.3 Å². The lowest BCUT2D eigenvalue weighted by Gasteiger charge is -2.09. The molecule has 15 heavy (non-hydrogen) atoms. The highest BCUT2D eigenvalue weighted by Gasteiger charge is 2.19. The summed E-state index contributed by atoms with van der Waals surface area (Å²) in [4.78, 5) is 4.13. The zero-order chi connectivity index (χ0) is 11.5. The highest BCUT2D eigenvalue weighted by Crippen LogP contribution is 2.09. The van der Waals surface area contributed by atoms with E-state index in [0.717, 1.165) is 10.7 Å². The number of aliphatic hydroxyl groups is 1. The van der Waals surface area contributed by atoms with Gasteiger partial charge in [0, 0.05) is 11.1 Å². The molecule has 0 aliphatic heterocycles. The van der Waals surface area contributed by atoms with E-state index in [9.17, 15) is 8.42 Å². The molecule has 0 aliphatic rings. The summed E-state index contributed by atoms with van der Waals surface area (Å²) in [6.07, 6.45) is 0. The van der Waals surface area contributed by atoms with Gasteiger partial charge in [0.2, 0.25) is 10.0 Å². The molecule has 1 rings (SSSR count). The third kappa shape index (κ3) is 3.53. The molecule has 0 saturated heterocycles. The van der Waals surface area contributed by atoms with Crippen LogP contribution in [0.15, 0.2) is 5.38 Å². The minimum absolute atomic E-state index is 0.186. The Morgan fingerprint density at radius 1 is 1.67 bits per heavy atom. The fourth-order valence-electron chi connectivity index (χ4n) is 0.887. The molecule has 1 aromatic heterocycles. The average Bonchev–Trinajstić information content (AvgIpc) is 2.60. The standard InChI is InChI=1S/C8H14N2O3S2/c1-6-5-14-8(10-6)3-9-15(12,13)7(2)4-11/h5,7,9,11H,3-4H2,1-2H3. The predicted molar refractivity (Wildman–Crippen MR) is 59.2 cm³/mol. The Balaban J connectivity index is 2.57. The van der Waals surface area contributed by atoms with Gasteiger partial charge in [-0.15, -0.1) is 11.3 Å². The molecule has 2 N–H and O–H groups in total. The summed E-state index contributed by atoms with van der Waals surface area (Å²) in [7, 11) is -3.43. The molecule has 7 heteroatoms. The number of aryl methyl sites for hydroxylation is 1. The second kappa shape index (κ2) is 5.02. The lowest BCUT2D eigenvalue weighted by atomic mass is 10.5. The number of aliphatic hydroxyl groups excluding tert-OH is 1. The number of nitrogens with one attached hydrogen (secondary N) is 1. The number of hydrogen-bond acceptors (Lipinski definition) is 5. The van der Waals surface area contributed by atoms with Gasteiger partial charge in [0.1, 0.15) is 5.01 Å². The van der Waals surface area contributed by atoms with E-state index in [1.807, 2.05) is 12.3 Å². The normalized spacial score (nSPS) is 14.1. The van der Waals surface area contributed by atoms with Crippen LogP contribution in [0.3, 0.4) is 0 Å². The van der Waals surface area contributed by atoms with E-state index in [1.54, 1.807) is 0 Å². The fourth-order valence-corrected chi connectivity index (χ4v) is 2.51. The predicted octanol–water partition coefficient (Wildman–Crippen LogP) is 0.252. The van der Waals surface area contributed by atoms with Crippen molar-refractivity contribution in [3.05, 3.63) is 16.1 Å². The monoisotopic (exact) mass is 250 g/mol. The maximum absolute atomic E-state index is 11.4. The number of rotatable bonds is 5. The Morgan fingerprint density at radius 2 is 2.33 bits per heavy atom. The van der Waals surface area contributed by atoms with E-state index in [-0.39, 0.29) is 13.2 Å². The number of thiazole rings is 1. The van der Waals surface area contributed by atoms with Crippen LogP contribution in [0.1, 0.15) is 17.6 Å². The summed E-state index contributed by atoms with van der Waals surface area (Å²) in [5.74, 6) is 0. The quantitative estimate of drug-likeness (QED) is 0.785. The minimum Gasteiger partial charge on any atom is -0.395 e. The molecule has 0 bridgehead atoms.